The van der Waals surface area contributed by atoms with E-state index in [0.29, 0.717) is 0 Å². The molecule has 6 unspecified atom stereocenters. The molecule has 60 heavy (non-hydrogen) atoms. The third-order valence-corrected chi connectivity index (χ3v) is 9.54. The summed E-state index contributed by atoms with van der Waals surface area (Å²) in [5, 5.41) is 319. The van der Waals surface area contributed by atoms with Crippen molar-refractivity contribution < 1.29 is 182 Å². The molecule has 2 aliphatic heterocycles. The minimum Gasteiger partial charge on any atom is -0.394 e. The second-order valence-corrected chi connectivity index (χ2v) is 13.6. The summed E-state index contributed by atoms with van der Waals surface area (Å²) in [4.78, 5) is 0. The molecule has 0 aromatic carbocycles. The van der Waals surface area contributed by atoms with Gasteiger partial charge in [0.25, 0.3) is 46.3 Å². The molecule has 0 bridgehead atoms. The van der Waals surface area contributed by atoms with Crippen molar-refractivity contribution in [1.29, 1.82) is 0 Å². The average molecular weight is 911 g/mol. The first-order chi connectivity index (χ1) is 26.2. The molecular formula is C24H46O36. The van der Waals surface area contributed by atoms with Crippen molar-refractivity contribution >= 4 is 0 Å². The van der Waals surface area contributed by atoms with E-state index in [4.69, 9.17) is 29.5 Å². The van der Waals surface area contributed by atoms with E-state index in [-0.39, 0.29) is 0 Å². The first-order valence-corrected chi connectivity index (χ1v) is 15.6. The molecule has 0 aromatic heterocycles. The van der Waals surface area contributed by atoms with E-state index in [1.54, 1.807) is 0 Å². The van der Waals surface area contributed by atoms with Crippen LogP contribution >= 0.6 is 0 Å². The number of aliphatic hydroxyl groups excluding tert-OH is 7. The topological polar surface area (TPSA) is 684 Å². The number of hydrogen-bond donors (Lipinski definition) is 32. The highest BCUT2D eigenvalue weighted by Gasteiger charge is 2.89. The van der Waals surface area contributed by atoms with Crippen LogP contribution in [0.4, 0.5) is 0 Å². The number of ether oxygens (including phenoxy) is 4. The van der Waals surface area contributed by atoms with Crippen LogP contribution < -0.4 is 0 Å². The third kappa shape index (κ3) is 7.70. The van der Waals surface area contributed by atoms with Crippen molar-refractivity contribution in [3.8, 4) is 0 Å². The summed E-state index contributed by atoms with van der Waals surface area (Å²) in [5.74, 6) is -74.7. The lowest BCUT2D eigenvalue weighted by atomic mass is 9.75. The molecule has 10 atom stereocenters. The Bertz CT molecular complexity index is 1460. The van der Waals surface area contributed by atoms with Crippen molar-refractivity contribution in [3.63, 3.8) is 0 Å². The second kappa shape index (κ2) is 16.2. The highest BCUT2D eigenvalue weighted by Crippen LogP contribution is 2.50. The lowest BCUT2D eigenvalue weighted by Gasteiger charge is -2.57. The number of aliphatic hydroxyl groups is 32. The zero-order valence-corrected chi connectivity index (χ0v) is 29.1. The molecule has 2 rings (SSSR count). The minimum atomic E-state index is -6.62. The lowest BCUT2D eigenvalue weighted by molar-refractivity contribution is -0.622. The van der Waals surface area contributed by atoms with Crippen LogP contribution in [-0.2, 0) is 18.9 Å². The Hall–Kier alpha value is -1.44. The van der Waals surface area contributed by atoms with Crippen LogP contribution in [0.2, 0.25) is 0 Å². The van der Waals surface area contributed by atoms with E-state index < -0.39 is 144 Å². The summed E-state index contributed by atoms with van der Waals surface area (Å²) < 4.78 is 19.1. The highest BCUT2D eigenvalue weighted by molar-refractivity contribution is 5.16. The Balaban J connectivity index is 2.55. The van der Waals surface area contributed by atoms with Crippen LogP contribution in [0.15, 0.2) is 0 Å². The van der Waals surface area contributed by atoms with Gasteiger partial charge in [0.2, 0.25) is 0 Å². The van der Waals surface area contributed by atoms with Gasteiger partial charge in [0.05, 0.1) is 13.2 Å². The van der Waals surface area contributed by atoms with E-state index in [2.05, 4.69) is 4.74 Å². The predicted molar refractivity (Wildman–Crippen MR) is 156 cm³/mol. The fourth-order valence-corrected chi connectivity index (χ4v) is 5.30. The van der Waals surface area contributed by atoms with E-state index in [1.165, 1.54) is 0 Å². The molecule has 2 saturated heterocycles. The molecule has 2 heterocycles. The van der Waals surface area contributed by atoms with E-state index in [1.807, 2.05) is 0 Å². The van der Waals surface area contributed by atoms with Gasteiger partial charge in [-0.05, 0) is 0 Å². The van der Waals surface area contributed by atoms with E-state index in [0.717, 1.165) is 0 Å². The van der Waals surface area contributed by atoms with Gasteiger partial charge in [-0.2, -0.15) is 0 Å². The van der Waals surface area contributed by atoms with Crippen LogP contribution in [0.25, 0.3) is 0 Å². The summed E-state index contributed by atoms with van der Waals surface area (Å²) in [7, 11) is 0. The molecular weight excluding hydrogens is 864 g/mol. The summed E-state index contributed by atoms with van der Waals surface area (Å²) in [6.07, 6.45) is -23.4. The molecule has 0 radical (unpaired) electrons. The van der Waals surface area contributed by atoms with Crippen LogP contribution in [-0.4, -0.2) is 308 Å². The Morgan fingerprint density at radius 2 is 0.633 bits per heavy atom. The highest BCUT2D eigenvalue weighted by atomic mass is 16.9. The maximum atomic E-state index is 10.6. The van der Waals surface area contributed by atoms with Crippen LogP contribution in [0.3, 0.4) is 0 Å². The Morgan fingerprint density at radius 1 is 0.333 bits per heavy atom. The fourth-order valence-electron chi connectivity index (χ4n) is 5.30. The number of rotatable bonds is 17. The molecule has 0 saturated carbocycles. The first-order valence-electron chi connectivity index (χ1n) is 15.6. The van der Waals surface area contributed by atoms with Crippen molar-refractivity contribution in [2.75, 3.05) is 13.2 Å². The van der Waals surface area contributed by atoms with Gasteiger partial charge in [-0.1, -0.05) is 0 Å². The molecule has 0 spiro atoms. The average Bonchev–Trinajstić information content (AvgIpc) is 3.09. The molecule has 36 nitrogen and oxygen atoms in total. The Morgan fingerprint density at radius 3 is 0.967 bits per heavy atom. The quantitative estimate of drug-likeness (QED) is 0.0603. The molecule has 36 heteroatoms. The molecule has 358 valence electrons. The maximum Gasteiger partial charge on any atom is 0.343 e. The standard InChI is InChI=1S/C24H46O36/c25-1-3-5(27)6(28)8(30)11(57-3)59-10-4(2-26)58-12(9(31)7(10)29)60-24(55,56)22(50,51)20(46,47)18(42,43)16(38,39)14(34,35)13(32,33)15(36,37)17(40,41)19(44,45)21(48,49)23(52,53)54/h3-12,25-56H,1-2H2/t3?,4?,5-,6?,7?,8?,9?,10-,11-,12+/m1/s1. The SMILES string of the molecule is OCC1O[C@H](O[C@@H]2C(CO)O[C@@H](OC(O)(O)C(O)(O)C(O)(O)C(O)(O)C(O)(O)C(O)(O)C(O)(O)C(O)(O)C(O)(O)C(O)(O)C(O)(O)C(O)(O)O)C(O)C2O)C(O)C(O)[C@@H]1O. The summed E-state index contributed by atoms with van der Waals surface area (Å²) >= 11 is 0. The van der Waals surface area contributed by atoms with Gasteiger partial charge in [0, 0.05) is 0 Å². The normalized spacial score (nSPS) is 30.8. The van der Waals surface area contributed by atoms with Gasteiger partial charge in [0.15, 0.2) is 12.6 Å². The van der Waals surface area contributed by atoms with Gasteiger partial charge in [-0.25, -0.2) is 0 Å². The van der Waals surface area contributed by atoms with Gasteiger partial charge in [0.1, 0.15) is 48.8 Å². The fraction of sp³-hybridized carbons (Fsp3) is 1.00. The summed E-state index contributed by atoms with van der Waals surface area (Å²) in [6.45, 7) is -2.49. The predicted octanol–water partition coefficient (Wildman–Crippen LogP) is -21.3. The monoisotopic (exact) mass is 910 g/mol. The first kappa shape index (κ1) is 54.7. The Kier molecular flexibility index (Phi) is 14.8. The largest absolute Gasteiger partial charge is 0.394 e. The lowest BCUT2D eigenvalue weighted by Crippen LogP contribution is -2.92. The van der Waals surface area contributed by atoms with Crippen molar-refractivity contribution in [3.05, 3.63) is 0 Å². The zero-order chi connectivity index (χ0) is 48.0. The number of hydrogen-bond acceptors (Lipinski definition) is 36. The molecule has 0 amide bonds. The smallest absolute Gasteiger partial charge is 0.343 e. The Labute approximate surface area is 327 Å². The third-order valence-electron chi connectivity index (χ3n) is 9.54. The van der Waals surface area contributed by atoms with Crippen LogP contribution in [0, 0.1) is 0 Å². The van der Waals surface area contributed by atoms with E-state index >= 15 is 0 Å². The molecule has 2 aliphatic rings. The van der Waals surface area contributed by atoms with Gasteiger partial charge in [-0.15, -0.1) is 0 Å². The molecule has 0 aromatic rings. The van der Waals surface area contributed by atoms with Crippen LogP contribution in [0.5, 0.6) is 0 Å². The van der Waals surface area contributed by atoms with Gasteiger partial charge >= 0.3 is 23.5 Å². The maximum absolute atomic E-state index is 10.6. The minimum absolute atomic E-state index is 1.04. The second-order valence-electron chi connectivity index (χ2n) is 13.6. The van der Waals surface area contributed by atoms with Crippen molar-refractivity contribution in [2.45, 2.75) is 131 Å². The van der Waals surface area contributed by atoms with Crippen LogP contribution in [0.1, 0.15) is 0 Å². The zero-order valence-electron chi connectivity index (χ0n) is 29.1. The van der Waals surface area contributed by atoms with E-state index in [9.17, 15) is 148 Å². The molecule has 2 fully saturated rings. The molecule has 0 aliphatic carbocycles. The van der Waals surface area contributed by atoms with Crippen molar-refractivity contribution in [2.24, 2.45) is 0 Å². The van der Waals surface area contributed by atoms with Crippen molar-refractivity contribution in [1.82, 2.24) is 0 Å². The van der Waals surface area contributed by atoms with Gasteiger partial charge in [-0.3, -0.25) is 4.74 Å². The summed E-state index contributed by atoms with van der Waals surface area (Å²) in [6, 6.07) is 0. The van der Waals surface area contributed by atoms with Gasteiger partial charge < -0.3 is 178 Å². The molecule has 32 N–H and O–H groups in total. The summed E-state index contributed by atoms with van der Waals surface area (Å²) in [5.41, 5.74) is 0.